The second-order valence-electron chi connectivity index (χ2n) is 4.65. The Bertz CT molecular complexity index is 397. The first kappa shape index (κ1) is 13.3. The summed E-state index contributed by atoms with van der Waals surface area (Å²) in [5, 5.41) is 0.800. The zero-order valence-corrected chi connectivity index (χ0v) is 12.3. The number of benzene rings is 1. The van der Waals surface area contributed by atoms with Gasteiger partial charge in [0.1, 0.15) is 0 Å². The van der Waals surface area contributed by atoms with Gasteiger partial charge in [0.2, 0.25) is 0 Å². The lowest BCUT2D eigenvalue weighted by molar-refractivity contribution is 0.195. The highest BCUT2D eigenvalue weighted by Crippen LogP contribution is 2.33. The monoisotopic (exact) mass is 316 g/mol. The summed E-state index contributed by atoms with van der Waals surface area (Å²) in [7, 11) is 0. The van der Waals surface area contributed by atoms with Crippen LogP contribution in [0.2, 0.25) is 5.02 Å². The summed E-state index contributed by atoms with van der Waals surface area (Å²) in [5.74, 6) is 0. The molecule has 1 aromatic carbocycles. The van der Waals surface area contributed by atoms with Gasteiger partial charge in [-0.15, -0.1) is 0 Å². The molecule has 0 saturated carbocycles. The van der Waals surface area contributed by atoms with Gasteiger partial charge in [0, 0.05) is 28.1 Å². The Hall–Kier alpha value is -0.0900. The molecule has 0 spiro atoms. The highest BCUT2D eigenvalue weighted by molar-refractivity contribution is 9.10. The molecule has 2 unspecified atom stereocenters. The van der Waals surface area contributed by atoms with Gasteiger partial charge < -0.3 is 5.73 Å². The van der Waals surface area contributed by atoms with Crippen molar-refractivity contribution in [2.45, 2.75) is 31.8 Å². The van der Waals surface area contributed by atoms with Gasteiger partial charge in [-0.3, -0.25) is 4.90 Å². The highest BCUT2D eigenvalue weighted by Gasteiger charge is 2.28. The highest BCUT2D eigenvalue weighted by atomic mass is 79.9. The largest absolute Gasteiger partial charge is 0.329 e. The molecule has 1 aromatic rings. The van der Waals surface area contributed by atoms with Gasteiger partial charge >= 0.3 is 0 Å². The van der Waals surface area contributed by atoms with Crippen LogP contribution in [0.3, 0.4) is 0 Å². The molecule has 0 radical (unpaired) electrons. The first-order chi connectivity index (χ1) is 8.13. The molecule has 1 heterocycles. The summed E-state index contributed by atoms with van der Waals surface area (Å²) in [6.45, 7) is 4.00. The van der Waals surface area contributed by atoms with E-state index in [-0.39, 0.29) is 6.04 Å². The van der Waals surface area contributed by atoms with E-state index in [4.69, 9.17) is 17.3 Å². The van der Waals surface area contributed by atoms with Crippen molar-refractivity contribution in [2.24, 2.45) is 5.73 Å². The number of nitrogens with two attached hydrogens (primary N) is 1. The van der Waals surface area contributed by atoms with Crippen LogP contribution in [0.25, 0.3) is 0 Å². The second kappa shape index (κ2) is 5.70. The van der Waals surface area contributed by atoms with Crippen molar-refractivity contribution < 1.29 is 0 Å². The fourth-order valence-corrected chi connectivity index (χ4v) is 3.43. The molecule has 4 heteroatoms. The van der Waals surface area contributed by atoms with Crippen LogP contribution in [-0.4, -0.2) is 24.0 Å². The maximum atomic E-state index is 6.32. The lowest BCUT2D eigenvalue weighted by atomic mass is 10.0. The molecule has 1 fully saturated rings. The van der Waals surface area contributed by atoms with Crippen LogP contribution in [0.1, 0.15) is 31.4 Å². The number of nitrogens with zero attached hydrogens (tertiary/aromatic N) is 1. The average molecular weight is 318 g/mol. The Morgan fingerprint density at radius 2 is 2.35 bits per heavy atom. The van der Waals surface area contributed by atoms with E-state index in [2.05, 4.69) is 33.8 Å². The quantitative estimate of drug-likeness (QED) is 0.923. The first-order valence-electron chi connectivity index (χ1n) is 6.04. The Labute approximate surface area is 116 Å². The molecule has 1 saturated heterocycles. The number of rotatable bonds is 3. The smallest absolute Gasteiger partial charge is 0.0488 e. The average Bonchev–Trinajstić information content (AvgIpc) is 2.69. The van der Waals surface area contributed by atoms with Gasteiger partial charge in [-0.25, -0.2) is 0 Å². The minimum absolute atomic E-state index is 0.244. The van der Waals surface area contributed by atoms with E-state index in [9.17, 15) is 0 Å². The molecular formula is C13H18BrClN2. The zero-order chi connectivity index (χ0) is 12.4. The van der Waals surface area contributed by atoms with E-state index in [1.165, 1.54) is 12.8 Å². The van der Waals surface area contributed by atoms with Crippen LogP contribution in [-0.2, 0) is 0 Å². The minimum Gasteiger partial charge on any atom is -0.329 e. The van der Waals surface area contributed by atoms with Crippen LogP contribution >= 0.6 is 27.5 Å². The van der Waals surface area contributed by atoms with Crippen LogP contribution in [0.15, 0.2) is 22.7 Å². The fraction of sp³-hybridized carbons (Fsp3) is 0.538. The molecular weight excluding hydrogens is 300 g/mol. The second-order valence-corrected chi connectivity index (χ2v) is 5.97. The molecule has 0 amide bonds. The van der Waals surface area contributed by atoms with Crippen LogP contribution in [0.4, 0.5) is 0 Å². The summed E-state index contributed by atoms with van der Waals surface area (Å²) >= 11 is 9.75. The molecule has 2 nitrogen and oxygen atoms in total. The van der Waals surface area contributed by atoms with Gasteiger partial charge in [-0.2, -0.15) is 0 Å². The predicted molar refractivity (Wildman–Crippen MR) is 76.3 cm³/mol. The Morgan fingerprint density at radius 1 is 1.59 bits per heavy atom. The SMILES string of the molecule is CC1CCCN1C(CN)c1ccc(Br)cc1Cl. The molecule has 1 aliphatic rings. The van der Waals surface area contributed by atoms with E-state index < -0.39 is 0 Å². The standard InChI is InChI=1S/C13H18BrClN2/c1-9-3-2-6-17(9)13(8-16)11-5-4-10(14)7-12(11)15/h4-5,7,9,13H,2-3,6,8,16H2,1H3. The van der Waals surface area contributed by atoms with E-state index in [1.54, 1.807) is 0 Å². The lowest BCUT2D eigenvalue weighted by Gasteiger charge is -2.31. The maximum Gasteiger partial charge on any atom is 0.0488 e. The van der Waals surface area contributed by atoms with Crippen molar-refractivity contribution in [2.75, 3.05) is 13.1 Å². The van der Waals surface area contributed by atoms with Crippen molar-refractivity contribution >= 4 is 27.5 Å². The van der Waals surface area contributed by atoms with Gasteiger partial charge in [0.25, 0.3) is 0 Å². The number of likely N-dealkylation sites (tertiary alicyclic amines) is 1. The molecule has 0 aliphatic carbocycles. The van der Waals surface area contributed by atoms with Crippen molar-refractivity contribution in [1.29, 1.82) is 0 Å². The van der Waals surface area contributed by atoms with Gasteiger partial charge in [0.05, 0.1) is 0 Å². The Morgan fingerprint density at radius 3 is 2.88 bits per heavy atom. The van der Waals surface area contributed by atoms with E-state index in [0.717, 1.165) is 21.6 Å². The Balaban J connectivity index is 2.28. The maximum absolute atomic E-state index is 6.32. The predicted octanol–water partition coefficient (Wildman–Crippen LogP) is 3.59. The summed E-state index contributed by atoms with van der Waals surface area (Å²) in [4.78, 5) is 2.47. The molecule has 2 rings (SSSR count). The van der Waals surface area contributed by atoms with Crippen LogP contribution < -0.4 is 5.73 Å². The fourth-order valence-electron chi connectivity index (χ4n) is 2.63. The molecule has 94 valence electrons. The van der Waals surface area contributed by atoms with Crippen LogP contribution in [0.5, 0.6) is 0 Å². The topological polar surface area (TPSA) is 29.3 Å². The summed E-state index contributed by atoms with van der Waals surface area (Å²) in [5.41, 5.74) is 7.09. The minimum atomic E-state index is 0.244. The number of halogens is 2. The van der Waals surface area contributed by atoms with Crippen LogP contribution in [0, 0.1) is 0 Å². The summed E-state index contributed by atoms with van der Waals surface area (Å²) < 4.78 is 1.01. The van der Waals surface area contributed by atoms with E-state index >= 15 is 0 Å². The van der Waals surface area contributed by atoms with Crippen molar-refractivity contribution in [3.63, 3.8) is 0 Å². The molecule has 0 bridgehead atoms. The molecule has 1 aliphatic heterocycles. The normalized spacial score (nSPS) is 22.9. The molecule has 2 N–H and O–H groups in total. The summed E-state index contributed by atoms with van der Waals surface area (Å²) in [6, 6.07) is 6.90. The molecule has 0 aromatic heterocycles. The van der Waals surface area contributed by atoms with Crippen molar-refractivity contribution in [1.82, 2.24) is 4.90 Å². The zero-order valence-electron chi connectivity index (χ0n) is 10.00. The third-order valence-electron chi connectivity index (χ3n) is 3.55. The molecule has 2 atom stereocenters. The number of hydrogen-bond donors (Lipinski definition) is 1. The van der Waals surface area contributed by atoms with Crippen molar-refractivity contribution in [3.05, 3.63) is 33.3 Å². The third-order valence-corrected chi connectivity index (χ3v) is 4.37. The number of hydrogen-bond acceptors (Lipinski definition) is 2. The van der Waals surface area contributed by atoms with Gasteiger partial charge in [-0.1, -0.05) is 33.6 Å². The molecule has 17 heavy (non-hydrogen) atoms. The third kappa shape index (κ3) is 2.84. The van der Waals surface area contributed by atoms with Gasteiger partial charge in [0.15, 0.2) is 0 Å². The van der Waals surface area contributed by atoms with E-state index in [0.29, 0.717) is 12.6 Å². The lowest BCUT2D eigenvalue weighted by Crippen LogP contribution is -2.36. The first-order valence-corrected chi connectivity index (χ1v) is 7.21. The van der Waals surface area contributed by atoms with E-state index in [1.807, 2.05) is 12.1 Å². The van der Waals surface area contributed by atoms with Crippen molar-refractivity contribution in [3.8, 4) is 0 Å². The Kier molecular flexibility index (Phi) is 4.47. The van der Waals surface area contributed by atoms with Gasteiger partial charge in [-0.05, 0) is 44.0 Å². The summed E-state index contributed by atoms with van der Waals surface area (Å²) in [6.07, 6.45) is 2.51.